The molecule has 0 radical (unpaired) electrons. The summed E-state index contributed by atoms with van der Waals surface area (Å²) in [5.74, 6) is -1.53. The number of allylic oxidation sites excluding steroid dienone is 1. The Hall–Kier alpha value is -3.74. The maximum absolute atomic E-state index is 14.3. The smallest absolute Gasteiger partial charge is 0.408 e. The SMILES string of the molecule is CCOC(=O)[C@@]12C[C@H]1C=CCCCCC[C@H](NC(=O)OC(C)(C)C)C(=O)N1C[C@H](n3nc(Br)c(-c4ccccc4)n3)C[C@H]1C(=O)N2. The topological polar surface area (TPSA) is 145 Å². The van der Waals surface area contributed by atoms with Crippen molar-refractivity contribution < 1.29 is 28.7 Å². The van der Waals surface area contributed by atoms with E-state index in [2.05, 4.69) is 31.7 Å². The highest BCUT2D eigenvalue weighted by atomic mass is 79.9. The van der Waals surface area contributed by atoms with Crippen LogP contribution in [0.5, 0.6) is 0 Å². The van der Waals surface area contributed by atoms with E-state index in [0.717, 1.165) is 24.8 Å². The lowest BCUT2D eigenvalue weighted by molar-refractivity contribution is -0.150. The van der Waals surface area contributed by atoms with Crippen LogP contribution in [0, 0.1) is 5.92 Å². The van der Waals surface area contributed by atoms with E-state index in [4.69, 9.17) is 14.6 Å². The van der Waals surface area contributed by atoms with Crippen LogP contribution in [0.1, 0.15) is 78.7 Å². The fraction of sp³-hybridized carbons (Fsp3) is 0.576. The number of carbonyl (C=O) groups excluding carboxylic acids is 4. The first-order chi connectivity index (χ1) is 21.9. The summed E-state index contributed by atoms with van der Waals surface area (Å²) in [5.41, 5.74) is -0.427. The van der Waals surface area contributed by atoms with Crippen LogP contribution in [0.2, 0.25) is 0 Å². The molecule has 1 aliphatic carbocycles. The summed E-state index contributed by atoms with van der Waals surface area (Å²) in [6, 6.07) is 7.30. The summed E-state index contributed by atoms with van der Waals surface area (Å²) in [5, 5.41) is 15.1. The molecule has 2 N–H and O–H groups in total. The van der Waals surface area contributed by atoms with E-state index < -0.39 is 53.1 Å². The fourth-order valence-electron chi connectivity index (χ4n) is 6.18. The van der Waals surface area contributed by atoms with Gasteiger partial charge in [0.15, 0.2) is 4.60 Å². The standard InChI is InChI=1S/C33H43BrN6O6/c1-5-45-30(43)33-19-22(33)16-12-7-6-8-13-17-24(35-31(44)46-32(2,3)4)29(42)39-20-23(18-25(39)28(41)36-33)40-37-26(27(34)38-40)21-14-10-9-11-15-21/h9-12,14-16,22-25H,5-8,13,17-20H2,1-4H3,(H,35,44)(H,36,41)/t22-,23-,24+,25+,33-/m1/s1. The van der Waals surface area contributed by atoms with E-state index in [1.54, 1.807) is 32.5 Å². The van der Waals surface area contributed by atoms with E-state index in [0.29, 0.717) is 29.6 Å². The average Bonchev–Trinajstić information content (AvgIpc) is 3.31. The lowest BCUT2D eigenvalue weighted by Crippen LogP contribution is -2.56. The largest absolute Gasteiger partial charge is 0.464 e. The number of amides is 3. The number of halogens is 1. The van der Waals surface area contributed by atoms with Gasteiger partial charge in [0.1, 0.15) is 28.9 Å². The van der Waals surface area contributed by atoms with E-state index in [1.807, 2.05) is 42.5 Å². The van der Waals surface area contributed by atoms with Crippen molar-refractivity contribution in [3.8, 4) is 11.3 Å². The van der Waals surface area contributed by atoms with Crippen molar-refractivity contribution >= 4 is 39.8 Å². The van der Waals surface area contributed by atoms with Gasteiger partial charge in [0.25, 0.3) is 0 Å². The molecule has 5 atom stereocenters. The number of nitrogens with one attached hydrogen (secondary N) is 2. The molecule has 0 bridgehead atoms. The van der Waals surface area contributed by atoms with Crippen LogP contribution in [-0.4, -0.2) is 80.1 Å². The maximum Gasteiger partial charge on any atom is 0.408 e. The lowest BCUT2D eigenvalue weighted by Gasteiger charge is -2.30. The Labute approximate surface area is 277 Å². The predicted octanol–water partition coefficient (Wildman–Crippen LogP) is 4.70. The highest BCUT2D eigenvalue weighted by Crippen LogP contribution is 2.46. The van der Waals surface area contributed by atoms with Crippen molar-refractivity contribution in [2.75, 3.05) is 13.2 Å². The predicted molar refractivity (Wildman–Crippen MR) is 173 cm³/mol. The van der Waals surface area contributed by atoms with Gasteiger partial charge in [0.05, 0.1) is 12.6 Å². The van der Waals surface area contributed by atoms with Gasteiger partial charge in [0.2, 0.25) is 11.8 Å². The van der Waals surface area contributed by atoms with Crippen LogP contribution in [0.4, 0.5) is 4.79 Å². The molecule has 0 unspecified atom stereocenters. The highest BCUT2D eigenvalue weighted by Gasteiger charge is 2.62. The molecule has 2 fully saturated rings. The van der Waals surface area contributed by atoms with Gasteiger partial charge in [-0.3, -0.25) is 9.59 Å². The van der Waals surface area contributed by atoms with Gasteiger partial charge < -0.3 is 25.0 Å². The molecule has 12 nitrogen and oxygen atoms in total. The number of hydrogen-bond donors (Lipinski definition) is 2. The summed E-state index contributed by atoms with van der Waals surface area (Å²) >= 11 is 3.52. The summed E-state index contributed by atoms with van der Waals surface area (Å²) in [6.07, 6.45) is 7.57. The van der Waals surface area contributed by atoms with E-state index in [9.17, 15) is 19.2 Å². The zero-order valence-corrected chi connectivity index (χ0v) is 28.4. The molecule has 2 aromatic rings. The van der Waals surface area contributed by atoms with Gasteiger partial charge in [-0.15, -0.1) is 5.10 Å². The minimum atomic E-state index is -1.18. The minimum Gasteiger partial charge on any atom is -0.464 e. The average molecular weight is 700 g/mol. The van der Waals surface area contributed by atoms with Crippen LogP contribution in [-0.2, 0) is 23.9 Å². The van der Waals surface area contributed by atoms with Gasteiger partial charge >= 0.3 is 12.1 Å². The number of alkyl carbamates (subject to hydrolysis) is 1. The molecule has 3 amide bonds. The molecule has 5 rings (SSSR count). The second kappa shape index (κ2) is 13.9. The molecule has 2 aliphatic heterocycles. The number of rotatable bonds is 5. The third-order valence-electron chi connectivity index (χ3n) is 8.55. The molecular formula is C33H43BrN6O6. The zero-order valence-electron chi connectivity index (χ0n) is 26.8. The molecule has 1 aromatic heterocycles. The molecule has 1 saturated heterocycles. The third kappa shape index (κ3) is 7.62. The van der Waals surface area contributed by atoms with Gasteiger partial charge in [-0.25, -0.2) is 9.59 Å². The van der Waals surface area contributed by atoms with Crippen molar-refractivity contribution in [1.29, 1.82) is 0 Å². The molecule has 0 spiro atoms. The normalized spacial score (nSPS) is 27.0. The summed E-state index contributed by atoms with van der Waals surface area (Å²) in [6.45, 7) is 7.32. The Bertz CT molecular complexity index is 1470. The summed E-state index contributed by atoms with van der Waals surface area (Å²) < 4.78 is 11.4. The number of aromatic nitrogens is 3. The lowest BCUT2D eigenvalue weighted by atomic mass is 10.0. The summed E-state index contributed by atoms with van der Waals surface area (Å²) in [4.78, 5) is 57.5. The van der Waals surface area contributed by atoms with Crippen molar-refractivity contribution in [1.82, 2.24) is 30.5 Å². The van der Waals surface area contributed by atoms with E-state index in [-0.39, 0.29) is 25.5 Å². The number of carbonyl (C=O) groups is 4. The Morgan fingerprint density at radius 2 is 1.89 bits per heavy atom. The molecular weight excluding hydrogens is 656 g/mol. The first-order valence-electron chi connectivity index (χ1n) is 16.1. The fourth-order valence-corrected chi connectivity index (χ4v) is 6.65. The number of hydrogen-bond acceptors (Lipinski definition) is 8. The van der Waals surface area contributed by atoms with Gasteiger partial charge in [0, 0.05) is 24.4 Å². The molecule has 3 aliphatic rings. The number of fused-ring (bicyclic) bond motifs is 2. The van der Waals surface area contributed by atoms with Crippen LogP contribution in [0.25, 0.3) is 11.3 Å². The molecule has 3 heterocycles. The second-order valence-electron chi connectivity index (χ2n) is 13.2. The van der Waals surface area contributed by atoms with Crippen molar-refractivity contribution in [2.24, 2.45) is 5.92 Å². The highest BCUT2D eigenvalue weighted by molar-refractivity contribution is 9.10. The molecule has 1 aromatic carbocycles. The minimum absolute atomic E-state index is 0.133. The summed E-state index contributed by atoms with van der Waals surface area (Å²) in [7, 11) is 0. The second-order valence-corrected chi connectivity index (χ2v) is 13.9. The number of nitrogens with zero attached hydrogens (tertiary/aromatic N) is 4. The van der Waals surface area contributed by atoms with Crippen molar-refractivity contribution in [2.45, 2.75) is 102 Å². The van der Waals surface area contributed by atoms with Crippen LogP contribution in [0.3, 0.4) is 0 Å². The number of ether oxygens (including phenoxy) is 2. The molecule has 46 heavy (non-hydrogen) atoms. The maximum atomic E-state index is 14.3. The Balaban J connectivity index is 1.47. The Morgan fingerprint density at radius 3 is 2.61 bits per heavy atom. The third-order valence-corrected chi connectivity index (χ3v) is 9.08. The first kappa shape index (κ1) is 33.6. The van der Waals surface area contributed by atoms with Crippen LogP contribution in [0.15, 0.2) is 47.1 Å². The van der Waals surface area contributed by atoms with Gasteiger partial charge in [-0.2, -0.15) is 9.90 Å². The zero-order chi connectivity index (χ0) is 33.1. The van der Waals surface area contributed by atoms with Crippen molar-refractivity contribution in [3.05, 3.63) is 47.1 Å². The molecule has 13 heteroatoms. The number of esters is 1. The van der Waals surface area contributed by atoms with Gasteiger partial charge in [-0.1, -0.05) is 55.3 Å². The van der Waals surface area contributed by atoms with E-state index >= 15 is 0 Å². The Morgan fingerprint density at radius 1 is 1.13 bits per heavy atom. The van der Waals surface area contributed by atoms with Crippen LogP contribution < -0.4 is 10.6 Å². The number of benzene rings is 1. The van der Waals surface area contributed by atoms with Crippen LogP contribution >= 0.6 is 15.9 Å². The Kier molecular flexibility index (Phi) is 10.2. The molecule has 248 valence electrons. The van der Waals surface area contributed by atoms with Crippen molar-refractivity contribution in [3.63, 3.8) is 0 Å². The van der Waals surface area contributed by atoms with Gasteiger partial charge in [-0.05, 0) is 69.3 Å². The monoisotopic (exact) mass is 698 g/mol. The quantitative estimate of drug-likeness (QED) is 0.338. The first-order valence-corrected chi connectivity index (χ1v) is 16.8. The molecule has 1 saturated carbocycles. The van der Waals surface area contributed by atoms with E-state index in [1.165, 1.54) is 4.90 Å².